The second-order valence-corrected chi connectivity index (χ2v) is 8.95. The summed E-state index contributed by atoms with van der Waals surface area (Å²) < 4.78 is 23.0. The van der Waals surface area contributed by atoms with Crippen LogP contribution >= 0.6 is 0 Å². The fourth-order valence-corrected chi connectivity index (χ4v) is 4.37. The molecule has 1 fully saturated rings. The Hall–Kier alpha value is -5.09. The van der Waals surface area contributed by atoms with Gasteiger partial charge in [-0.3, -0.25) is 14.9 Å². The number of carbonyl (C=O) groups is 5. The first kappa shape index (κ1) is 26.5. The summed E-state index contributed by atoms with van der Waals surface area (Å²) in [6, 6.07) is 24.4. The molecule has 2 amide bonds. The predicted molar refractivity (Wildman–Crippen MR) is 138 cm³/mol. The van der Waals surface area contributed by atoms with Crippen LogP contribution in [0.25, 0.3) is 0 Å². The molecule has 40 heavy (non-hydrogen) atoms. The lowest BCUT2D eigenvalue weighted by Gasteiger charge is -2.24. The van der Waals surface area contributed by atoms with Gasteiger partial charge in [0.05, 0.1) is 22.3 Å². The zero-order chi connectivity index (χ0) is 28.1. The van der Waals surface area contributed by atoms with Crippen molar-refractivity contribution in [3.63, 3.8) is 0 Å². The summed E-state index contributed by atoms with van der Waals surface area (Å²) in [6.45, 7) is -0.404. The number of carbonyl (C=O) groups excluding carboxylic acids is 5. The van der Waals surface area contributed by atoms with E-state index in [1.165, 1.54) is 24.3 Å². The lowest BCUT2D eigenvalue weighted by molar-refractivity contribution is -0.124. The summed E-state index contributed by atoms with van der Waals surface area (Å²) in [5, 5.41) is 2.13. The van der Waals surface area contributed by atoms with E-state index < -0.39 is 60.7 Å². The number of benzene rings is 3. The molecule has 2 heterocycles. The first-order valence-corrected chi connectivity index (χ1v) is 12.4. The Kier molecular flexibility index (Phi) is 7.79. The Morgan fingerprint density at radius 2 is 1.15 bits per heavy atom. The van der Waals surface area contributed by atoms with Crippen molar-refractivity contribution >= 4 is 29.7 Å². The average molecular weight is 542 g/mol. The van der Waals surface area contributed by atoms with Gasteiger partial charge in [-0.1, -0.05) is 54.6 Å². The van der Waals surface area contributed by atoms with E-state index in [1.807, 2.05) is 0 Å². The van der Waals surface area contributed by atoms with Gasteiger partial charge < -0.3 is 18.9 Å². The Labute approximate surface area is 228 Å². The molecule has 1 saturated heterocycles. The fourth-order valence-electron chi connectivity index (χ4n) is 4.37. The Balaban J connectivity index is 1.46. The van der Waals surface area contributed by atoms with Crippen LogP contribution in [0.5, 0.6) is 0 Å². The van der Waals surface area contributed by atoms with Gasteiger partial charge in [0.2, 0.25) is 0 Å². The van der Waals surface area contributed by atoms with E-state index in [0.29, 0.717) is 0 Å². The SMILES string of the molecule is O=C1C=C([C@@H]2O[C@H](COC(=O)c3ccccc3)[C@@H](OC(=O)c3ccccc3)[C@H]2OC(=O)c2ccccc2)C(=O)N1. The van der Waals surface area contributed by atoms with Crippen LogP contribution in [0.2, 0.25) is 0 Å². The highest BCUT2D eigenvalue weighted by molar-refractivity contribution is 6.16. The summed E-state index contributed by atoms with van der Waals surface area (Å²) in [5.41, 5.74) is 0.584. The number of ether oxygens (including phenoxy) is 4. The lowest BCUT2D eigenvalue weighted by atomic mass is 10.0. The van der Waals surface area contributed by atoms with Crippen molar-refractivity contribution in [1.82, 2.24) is 5.32 Å². The van der Waals surface area contributed by atoms with E-state index in [0.717, 1.165) is 6.08 Å². The molecule has 0 saturated carbocycles. The number of rotatable bonds is 8. The fraction of sp³-hybridized carbons (Fsp3) is 0.167. The second kappa shape index (κ2) is 11.7. The topological polar surface area (TPSA) is 134 Å². The normalized spacial score (nSPS) is 21.8. The van der Waals surface area contributed by atoms with Crippen molar-refractivity contribution < 1.29 is 42.9 Å². The zero-order valence-corrected chi connectivity index (χ0v) is 20.9. The third kappa shape index (κ3) is 5.82. The van der Waals surface area contributed by atoms with Crippen LogP contribution in [-0.4, -0.2) is 60.7 Å². The smallest absolute Gasteiger partial charge is 0.338 e. The molecule has 0 spiro atoms. The molecule has 4 atom stereocenters. The van der Waals surface area contributed by atoms with Gasteiger partial charge in [0, 0.05) is 6.08 Å². The van der Waals surface area contributed by atoms with Gasteiger partial charge >= 0.3 is 17.9 Å². The molecular weight excluding hydrogens is 518 g/mol. The number of imide groups is 1. The lowest BCUT2D eigenvalue weighted by Crippen LogP contribution is -2.43. The van der Waals surface area contributed by atoms with Crippen molar-refractivity contribution in [3.05, 3.63) is 119 Å². The maximum absolute atomic E-state index is 13.1. The van der Waals surface area contributed by atoms with E-state index in [9.17, 15) is 24.0 Å². The third-order valence-corrected chi connectivity index (χ3v) is 6.30. The Morgan fingerprint density at radius 3 is 1.62 bits per heavy atom. The molecular formula is C30H23NO9. The van der Waals surface area contributed by atoms with Crippen LogP contribution in [0, 0.1) is 0 Å². The molecule has 5 rings (SSSR count). The molecule has 202 valence electrons. The number of hydrogen-bond acceptors (Lipinski definition) is 9. The summed E-state index contributed by atoms with van der Waals surface area (Å²) in [4.78, 5) is 63.3. The molecule has 3 aromatic carbocycles. The Bertz CT molecular complexity index is 1450. The quantitative estimate of drug-likeness (QED) is 0.259. The predicted octanol–water partition coefficient (Wildman–Crippen LogP) is 2.64. The molecule has 2 aliphatic rings. The molecule has 3 aromatic rings. The molecule has 2 aliphatic heterocycles. The number of amides is 2. The number of hydrogen-bond donors (Lipinski definition) is 1. The minimum Gasteiger partial charge on any atom is -0.459 e. The van der Waals surface area contributed by atoms with E-state index >= 15 is 0 Å². The minimum absolute atomic E-state index is 0.117. The van der Waals surface area contributed by atoms with Gasteiger partial charge in [0.25, 0.3) is 11.8 Å². The number of nitrogens with one attached hydrogen (secondary N) is 1. The van der Waals surface area contributed by atoms with Gasteiger partial charge in [-0.25, -0.2) is 14.4 Å². The summed E-state index contributed by atoms with van der Waals surface area (Å²) in [7, 11) is 0. The van der Waals surface area contributed by atoms with Gasteiger partial charge in [-0.05, 0) is 36.4 Å². The van der Waals surface area contributed by atoms with Crippen molar-refractivity contribution in [1.29, 1.82) is 0 Å². The molecule has 0 aromatic heterocycles. The van der Waals surface area contributed by atoms with Crippen molar-refractivity contribution in [3.8, 4) is 0 Å². The first-order chi connectivity index (χ1) is 19.4. The first-order valence-electron chi connectivity index (χ1n) is 12.4. The van der Waals surface area contributed by atoms with Crippen molar-refractivity contribution in [2.45, 2.75) is 24.4 Å². The second-order valence-electron chi connectivity index (χ2n) is 8.95. The van der Waals surface area contributed by atoms with Gasteiger partial charge in [-0.15, -0.1) is 0 Å². The molecule has 10 heteroatoms. The maximum Gasteiger partial charge on any atom is 0.338 e. The van der Waals surface area contributed by atoms with E-state index in [1.54, 1.807) is 66.7 Å². The van der Waals surface area contributed by atoms with Crippen molar-refractivity contribution in [2.75, 3.05) is 6.61 Å². The third-order valence-electron chi connectivity index (χ3n) is 6.30. The highest BCUT2D eigenvalue weighted by atomic mass is 16.6. The molecule has 0 aliphatic carbocycles. The van der Waals surface area contributed by atoms with Crippen LogP contribution in [0.3, 0.4) is 0 Å². The van der Waals surface area contributed by atoms with Gasteiger partial charge in [0.15, 0.2) is 12.2 Å². The summed E-state index contributed by atoms with van der Waals surface area (Å²) in [6.07, 6.45) is -4.08. The molecule has 0 radical (unpaired) electrons. The van der Waals surface area contributed by atoms with E-state index in [-0.39, 0.29) is 22.3 Å². The van der Waals surface area contributed by atoms with Crippen LogP contribution < -0.4 is 5.32 Å². The minimum atomic E-state index is -1.36. The van der Waals surface area contributed by atoms with Crippen LogP contribution in [0.4, 0.5) is 0 Å². The summed E-state index contributed by atoms with van der Waals surface area (Å²) >= 11 is 0. The molecule has 10 nitrogen and oxygen atoms in total. The van der Waals surface area contributed by atoms with Gasteiger partial charge in [0.1, 0.15) is 18.8 Å². The zero-order valence-electron chi connectivity index (χ0n) is 20.9. The van der Waals surface area contributed by atoms with Crippen molar-refractivity contribution in [2.24, 2.45) is 0 Å². The van der Waals surface area contributed by atoms with Gasteiger partial charge in [-0.2, -0.15) is 0 Å². The monoisotopic (exact) mass is 541 g/mol. The molecule has 0 bridgehead atoms. The van der Waals surface area contributed by atoms with Crippen LogP contribution in [0.1, 0.15) is 31.1 Å². The van der Waals surface area contributed by atoms with E-state index in [2.05, 4.69) is 5.32 Å². The standard InChI is InChI=1S/C30H23NO9/c32-23-16-21(27(33)31-23)24-26(40-30(36)20-14-8-3-9-15-20)25(39-29(35)19-12-6-2-7-13-19)22(38-24)17-37-28(34)18-10-4-1-5-11-18/h1-16,22,24-26H,17H2,(H,31,32,33)/t22-,24+,25-,26+/m1/s1. The summed E-state index contributed by atoms with van der Waals surface area (Å²) in [5.74, 6) is -3.60. The van der Waals surface area contributed by atoms with Crippen LogP contribution in [-0.2, 0) is 28.5 Å². The number of esters is 3. The Morgan fingerprint density at radius 1 is 0.675 bits per heavy atom. The van der Waals surface area contributed by atoms with E-state index in [4.69, 9.17) is 18.9 Å². The molecule has 0 unspecified atom stereocenters. The highest BCUT2D eigenvalue weighted by Crippen LogP contribution is 2.34. The maximum atomic E-state index is 13.1. The largest absolute Gasteiger partial charge is 0.459 e. The average Bonchev–Trinajstić information content (AvgIpc) is 3.50. The van der Waals surface area contributed by atoms with Crippen LogP contribution in [0.15, 0.2) is 103 Å². The molecule has 1 N–H and O–H groups in total. The highest BCUT2D eigenvalue weighted by Gasteiger charge is 2.53.